The SMILES string of the molecule is [NH]CC1(C(=O)OCc2ccccc2)CCCCCC1. The molecule has 1 radical (unpaired) electrons. The molecule has 0 bridgehead atoms. The van der Waals surface area contributed by atoms with E-state index in [4.69, 9.17) is 10.5 Å². The number of benzene rings is 1. The van der Waals surface area contributed by atoms with Gasteiger partial charge in [0.25, 0.3) is 0 Å². The van der Waals surface area contributed by atoms with Crippen molar-refractivity contribution in [1.82, 2.24) is 5.73 Å². The predicted octanol–water partition coefficient (Wildman–Crippen LogP) is 3.35. The third-order valence-electron chi connectivity index (χ3n) is 4.04. The largest absolute Gasteiger partial charge is 0.460 e. The standard InChI is InChI=1S/C16H22NO2/c17-13-16(10-6-1-2-7-11-16)15(18)19-12-14-8-4-3-5-9-14/h3-5,8-9,17H,1-2,6-7,10-13H2. The van der Waals surface area contributed by atoms with Crippen LogP contribution in [0.2, 0.25) is 0 Å². The van der Waals surface area contributed by atoms with Crippen molar-refractivity contribution in [3.63, 3.8) is 0 Å². The van der Waals surface area contributed by atoms with Crippen molar-refractivity contribution < 1.29 is 9.53 Å². The molecule has 19 heavy (non-hydrogen) atoms. The molecule has 0 atom stereocenters. The second-order valence-corrected chi connectivity index (χ2v) is 5.43. The average molecular weight is 260 g/mol. The van der Waals surface area contributed by atoms with Gasteiger partial charge >= 0.3 is 5.97 Å². The Bertz CT molecular complexity index is 394. The van der Waals surface area contributed by atoms with Gasteiger partial charge in [-0.25, -0.2) is 0 Å². The molecule has 103 valence electrons. The number of esters is 1. The molecular formula is C16H22NO2. The van der Waals surface area contributed by atoms with Crippen LogP contribution in [0.3, 0.4) is 0 Å². The first-order valence-corrected chi connectivity index (χ1v) is 7.13. The minimum Gasteiger partial charge on any atom is -0.460 e. The number of ether oxygens (including phenoxy) is 1. The molecule has 1 N–H and O–H groups in total. The summed E-state index contributed by atoms with van der Waals surface area (Å²) in [6, 6.07) is 9.73. The smallest absolute Gasteiger partial charge is 0.313 e. The number of hydrogen-bond acceptors (Lipinski definition) is 2. The first-order chi connectivity index (χ1) is 9.27. The Balaban J connectivity index is 1.96. The van der Waals surface area contributed by atoms with Crippen LogP contribution in [-0.2, 0) is 16.1 Å². The Labute approximate surface area is 115 Å². The second kappa shape index (κ2) is 6.71. The van der Waals surface area contributed by atoms with Gasteiger partial charge in [0, 0.05) is 6.54 Å². The van der Waals surface area contributed by atoms with Crippen molar-refractivity contribution in [2.24, 2.45) is 5.41 Å². The van der Waals surface area contributed by atoms with Crippen LogP contribution in [0.5, 0.6) is 0 Å². The van der Waals surface area contributed by atoms with E-state index < -0.39 is 5.41 Å². The summed E-state index contributed by atoms with van der Waals surface area (Å²) in [7, 11) is 0. The summed E-state index contributed by atoms with van der Waals surface area (Å²) in [6.45, 7) is 0.474. The van der Waals surface area contributed by atoms with Crippen LogP contribution in [0.15, 0.2) is 30.3 Å². The molecule has 1 fully saturated rings. The summed E-state index contributed by atoms with van der Waals surface area (Å²) in [4.78, 5) is 12.3. The van der Waals surface area contributed by atoms with Gasteiger partial charge in [-0.2, -0.15) is 0 Å². The second-order valence-electron chi connectivity index (χ2n) is 5.43. The highest BCUT2D eigenvalue weighted by Gasteiger charge is 2.39. The normalized spacial score (nSPS) is 18.6. The maximum atomic E-state index is 12.3. The highest BCUT2D eigenvalue weighted by molar-refractivity contribution is 5.77. The Morgan fingerprint density at radius 3 is 2.32 bits per heavy atom. The van der Waals surface area contributed by atoms with Crippen LogP contribution in [-0.4, -0.2) is 12.5 Å². The molecule has 0 aliphatic heterocycles. The van der Waals surface area contributed by atoms with Gasteiger partial charge in [-0.15, -0.1) is 0 Å². The predicted molar refractivity (Wildman–Crippen MR) is 74.3 cm³/mol. The number of carbonyl (C=O) groups is 1. The monoisotopic (exact) mass is 260 g/mol. The zero-order valence-electron chi connectivity index (χ0n) is 11.4. The molecule has 0 amide bonds. The quantitative estimate of drug-likeness (QED) is 0.615. The molecule has 1 saturated carbocycles. The van der Waals surface area contributed by atoms with Gasteiger partial charge in [0.2, 0.25) is 0 Å². The van der Waals surface area contributed by atoms with Crippen molar-refractivity contribution in [3.8, 4) is 0 Å². The minimum atomic E-state index is -0.550. The van der Waals surface area contributed by atoms with E-state index in [0.717, 1.165) is 31.2 Å². The van der Waals surface area contributed by atoms with Gasteiger partial charge in [-0.05, 0) is 18.4 Å². The lowest BCUT2D eigenvalue weighted by Gasteiger charge is -2.28. The Morgan fingerprint density at radius 2 is 1.74 bits per heavy atom. The fourth-order valence-corrected chi connectivity index (χ4v) is 2.73. The third kappa shape index (κ3) is 3.57. The van der Waals surface area contributed by atoms with Gasteiger partial charge in [-0.3, -0.25) is 10.5 Å². The van der Waals surface area contributed by atoms with E-state index in [1.807, 2.05) is 30.3 Å². The van der Waals surface area contributed by atoms with E-state index >= 15 is 0 Å². The number of rotatable bonds is 4. The molecule has 3 heteroatoms. The van der Waals surface area contributed by atoms with E-state index in [-0.39, 0.29) is 12.5 Å². The van der Waals surface area contributed by atoms with E-state index in [1.54, 1.807) is 0 Å². The number of hydrogen-bond donors (Lipinski definition) is 0. The summed E-state index contributed by atoms with van der Waals surface area (Å²) in [6.07, 6.45) is 6.05. The molecule has 0 saturated heterocycles. The average Bonchev–Trinajstić information content (AvgIpc) is 2.72. The molecule has 0 aromatic heterocycles. The van der Waals surface area contributed by atoms with Crippen LogP contribution in [0.25, 0.3) is 0 Å². The zero-order chi connectivity index (χ0) is 13.6. The molecule has 3 nitrogen and oxygen atoms in total. The van der Waals surface area contributed by atoms with Crippen molar-refractivity contribution >= 4 is 5.97 Å². The summed E-state index contributed by atoms with van der Waals surface area (Å²) in [5.74, 6) is -0.173. The van der Waals surface area contributed by atoms with Gasteiger partial charge in [0.15, 0.2) is 0 Å². The van der Waals surface area contributed by atoms with Crippen LogP contribution in [0.1, 0.15) is 44.1 Å². The lowest BCUT2D eigenvalue weighted by molar-refractivity contribution is -0.157. The first-order valence-electron chi connectivity index (χ1n) is 7.13. The van der Waals surface area contributed by atoms with Crippen LogP contribution >= 0.6 is 0 Å². The number of carbonyl (C=O) groups excluding carboxylic acids is 1. The molecule has 1 aliphatic rings. The summed E-state index contributed by atoms with van der Waals surface area (Å²) >= 11 is 0. The Morgan fingerprint density at radius 1 is 1.11 bits per heavy atom. The van der Waals surface area contributed by atoms with E-state index in [9.17, 15) is 4.79 Å². The summed E-state index contributed by atoms with van der Waals surface area (Å²) < 4.78 is 5.46. The molecule has 1 aromatic rings. The van der Waals surface area contributed by atoms with Crippen molar-refractivity contribution in [2.75, 3.05) is 6.54 Å². The molecular weight excluding hydrogens is 238 g/mol. The fourth-order valence-electron chi connectivity index (χ4n) is 2.73. The van der Waals surface area contributed by atoms with Crippen LogP contribution < -0.4 is 5.73 Å². The van der Waals surface area contributed by atoms with Gasteiger partial charge < -0.3 is 4.74 Å². The minimum absolute atomic E-state index is 0.153. The number of nitrogens with one attached hydrogen (secondary N) is 1. The Hall–Kier alpha value is -1.35. The lowest BCUT2D eigenvalue weighted by Crippen LogP contribution is -2.36. The van der Waals surface area contributed by atoms with E-state index in [0.29, 0.717) is 6.61 Å². The van der Waals surface area contributed by atoms with Gasteiger partial charge in [0.1, 0.15) is 6.61 Å². The lowest BCUT2D eigenvalue weighted by atomic mass is 9.80. The van der Waals surface area contributed by atoms with E-state index in [2.05, 4.69) is 0 Å². The molecule has 0 heterocycles. The first kappa shape index (κ1) is 14.1. The maximum absolute atomic E-state index is 12.3. The fraction of sp³-hybridized carbons (Fsp3) is 0.562. The summed E-state index contributed by atoms with van der Waals surface area (Å²) in [5, 5.41) is 0. The topological polar surface area (TPSA) is 50.1 Å². The van der Waals surface area contributed by atoms with Gasteiger partial charge in [0.05, 0.1) is 5.41 Å². The van der Waals surface area contributed by atoms with Crippen LogP contribution in [0, 0.1) is 5.41 Å². The van der Waals surface area contributed by atoms with Gasteiger partial charge in [-0.1, -0.05) is 56.0 Å². The molecule has 0 unspecified atom stereocenters. The van der Waals surface area contributed by atoms with Crippen LogP contribution in [0.4, 0.5) is 0 Å². The molecule has 1 aromatic carbocycles. The van der Waals surface area contributed by atoms with Crippen molar-refractivity contribution in [3.05, 3.63) is 35.9 Å². The van der Waals surface area contributed by atoms with Crippen molar-refractivity contribution in [2.45, 2.75) is 45.1 Å². The summed E-state index contributed by atoms with van der Waals surface area (Å²) in [5.41, 5.74) is 8.21. The van der Waals surface area contributed by atoms with E-state index in [1.165, 1.54) is 12.8 Å². The third-order valence-corrected chi connectivity index (χ3v) is 4.04. The zero-order valence-corrected chi connectivity index (χ0v) is 11.4. The molecule has 0 spiro atoms. The highest BCUT2D eigenvalue weighted by atomic mass is 16.5. The van der Waals surface area contributed by atoms with Crippen molar-refractivity contribution in [1.29, 1.82) is 0 Å². The molecule has 1 aliphatic carbocycles. The molecule has 2 rings (SSSR count). The highest BCUT2D eigenvalue weighted by Crippen LogP contribution is 2.35. The Kier molecular flexibility index (Phi) is 4.97. The maximum Gasteiger partial charge on any atom is 0.313 e.